The second-order valence-corrected chi connectivity index (χ2v) is 6.82. The lowest BCUT2D eigenvalue weighted by molar-refractivity contribution is 0.415. The van der Waals surface area contributed by atoms with Crippen molar-refractivity contribution in [2.75, 3.05) is 7.11 Å². The quantitative estimate of drug-likeness (QED) is 0.647. The minimum atomic E-state index is 0.244. The molecule has 0 fully saturated rings. The first-order valence-electron chi connectivity index (χ1n) is 7.73. The van der Waals surface area contributed by atoms with Crippen LogP contribution in [0.15, 0.2) is 53.9 Å². The van der Waals surface area contributed by atoms with E-state index in [9.17, 15) is 0 Å². The summed E-state index contributed by atoms with van der Waals surface area (Å²) in [6, 6.07) is 16.1. The van der Waals surface area contributed by atoms with E-state index in [4.69, 9.17) is 21.3 Å². The molecule has 124 valence electrons. The van der Waals surface area contributed by atoms with E-state index in [1.54, 1.807) is 18.4 Å². The molecule has 0 saturated carbocycles. The van der Waals surface area contributed by atoms with Gasteiger partial charge in [0.05, 0.1) is 12.8 Å². The summed E-state index contributed by atoms with van der Waals surface area (Å²) in [7, 11) is 1.67. The standard InChI is InChI=1S/C19H19ClN2OS/c1-13(14-3-7-16(20)8-4-14)21-11-17-12-24-19(22-17)15-5-9-18(23-2)10-6-15/h3-10,12-13,21H,11H2,1-2H3. The first kappa shape index (κ1) is 17.0. The molecular weight excluding hydrogens is 340 g/mol. The molecule has 1 aromatic heterocycles. The molecule has 0 bridgehead atoms. The number of benzene rings is 2. The summed E-state index contributed by atoms with van der Waals surface area (Å²) in [5, 5.41) is 7.38. The Kier molecular flexibility index (Phi) is 5.51. The molecule has 5 heteroatoms. The molecule has 0 saturated heterocycles. The Morgan fingerprint density at radius 1 is 1.12 bits per heavy atom. The molecule has 0 amide bonds. The van der Waals surface area contributed by atoms with Crippen molar-refractivity contribution in [3.05, 3.63) is 70.2 Å². The lowest BCUT2D eigenvalue weighted by Gasteiger charge is -2.13. The largest absolute Gasteiger partial charge is 0.497 e. The number of nitrogens with one attached hydrogen (secondary N) is 1. The average Bonchev–Trinajstić information content (AvgIpc) is 3.09. The molecule has 0 aliphatic carbocycles. The second kappa shape index (κ2) is 7.79. The van der Waals surface area contributed by atoms with E-state index in [0.717, 1.165) is 33.6 Å². The third-order valence-electron chi connectivity index (χ3n) is 3.85. The van der Waals surface area contributed by atoms with Gasteiger partial charge in [0.15, 0.2) is 0 Å². The first-order valence-corrected chi connectivity index (χ1v) is 8.99. The predicted molar refractivity (Wildman–Crippen MR) is 101 cm³/mol. The zero-order valence-electron chi connectivity index (χ0n) is 13.6. The van der Waals surface area contributed by atoms with E-state index in [0.29, 0.717) is 0 Å². The number of thiazole rings is 1. The monoisotopic (exact) mass is 358 g/mol. The van der Waals surface area contributed by atoms with Gasteiger partial charge in [-0.1, -0.05) is 23.7 Å². The summed E-state index contributed by atoms with van der Waals surface area (Å²) in [6.07, 6.45) is 0. The predicted octanol–water partition coefficient (Wildman–Crippen LogP) is 5.32. The molecule has 1 unspecified atom stereocenters. The molecule has 0 radical (unpaired) electrons. The highest BCUT2D eigenvalue weighted by molar-refractivity contribution is 7.13. The lowest BCUT2D eigenvalue weighted by atomic mass is 10.1. The van der Waals surface area contributed by atoms with Crippen molar-refractivity contribution in [1.29, 1.82) is 0 Å². The van der Waals surface area contributed by atoms with Crippen LogP contribution >= 0.6 is 22.9 Å². The van der Waals surface area contributed by atoms with Crippen LogP contribution in [0.1, 0.15) is 24.2 Å². The van der Waals surface area contributed by atoms with Crippen molar-refractivity contribution in [1.82, 2.24) is 10.3 Å². The molecule has 3 rings (SSSR count). The van der Waals surface area contributed by atoms with Gasteiger partial charge in [0.2, 0.25) is 0 Å². The van der Waals surface area contributed by atoms with E-state index in [2.05, 4.69) is 17.6 Å². The summed E-state index contributed by atoms with van der Waals surface area (Å²) in [4.78, 5) is 4.71. The number of hydrogen-bond donors (Lipinski definition) is 1. The Hall–Kier alpha value is -1.88. The van der Waals surface area contributed by atoms with Gasteiger partial charge < -0.3 is 10.1 Å². The summed E-state index contributed by atoms with van der Waals surface area (Å²) in [5.74, 6) is 0.856. The molecule has 1 heterocycles. The highest BCUT2D eigenvalue weighted by Crippen LogP contribution is 2.26. The van der Waals surface area contributed by atoms with Gasteiger partial charge in [-0.15, -0.1) is 11.3 Å². The van der Waals surface area contributed by atoms with E-state index in [1.807, 2.05) is 48.5 Å². The zero-order chi connectivity index (χ0) is 16.9. The number of ether oxygens (including phenoxy) is 1. The number of rotatable bonds is 6. The number of methoxy groups -OCH3 is 1. The molecule has 1 N–H and O–H groups in total. The van der Waals surface area contributed by atoms with Gasteiger partial charge in [-0.05, 0) is 48.9 Å². The van der Waals surface area contributed by atoms with Crippen molar-refractivity contribution < 1.29 is 4.74 Å². The Bertz CT molecular complexity index is 784. The lowest BCUT2D eigenvalue weighted by Crippen LogP contribution is -2.18. The van der Waals surface area contributed by atoms with Gasteiger partial charge in [0.25, 0.3) is 0 Å². The van der Waals surface area contributed by atoms with Crippen molar-refractivity contribution >= 4 is 22.9 Å². The normalized spacial score (nSPS) is 12.1. The average molecular weight is 359 g/mol. The third kappa shape index (κ3) is 4.15. The summed E-state index contributed by atoms with van der Waals surface area (Å²) in [6.45, 7) is 2.87. The van der Waals surface area contributed by atoms with Crippen molar-refractivity contribution in [3.8, 4) is 16.3 Å². The van der Waals surface area contributed by atoms with Gasteiger partial charge in [0, 0.05) is 28.6 Å². The number of nitrogens with zero attached hydrogens (tertiary/aromatic N) is 1. The SMILES string of the molecule is COc1ccc(-c2nc(CNC(C)c3ccc(Cl)cc3)cs2)cc1. The van der Waals surface area contributed by atoms with E-state index < -0.39 is 0 Å². The highest BCUT2D eigenvalue weighted by Gasteiger charge is 2.08. The van der Waals surface area contributed by atoms with Gasteiger partial charge in [0.1, 0.15) is 10.8 Å². The number of aromatic nitrogens is 1. The molecule has 0 aliphatic rings. The van der Waals surface area contributed by atoms with Crippen LogP contribution in [-0.4, -0.2) is 12.1 Å². The molecule has 1 atom stereocenters. The van der Waals surface area contributed by atoms with Crippen LogP contribution in [0.2, 0.25) is 5.02 Å². The van der Waals surface area contributed by atoms with Crippen LogP contribution in [0.4, 0.5) is 0 Å². The van der Waals surface area contributed by atoms with Gasteiger partial charge >= 0.3 is 0 Å². The zero-order valence-corrected chi connectivity index (χ0v) is 15.2. The maximum atomic E-state index is 5.93. The van der Waals surface area contributed by atoms with Crippen LogP contribution in [0.5, 0.6) is 5.75 Å². The van der Waals surface area contributed by atoms with Crippen molar-refractivity contribution in [2.24, 2.45) is 0 Å². The van der Waals surface area contributed by atoms with E-state index >= 15 is 0 Å². The van der Waals surface area contributed by atoms with Crippen LogP contribution < -0.4 is 10.1 Å². The smallest absolute Gasteiger partial charge is 0.123 e. The van der Waals surface area contributed by atoms with Gasteiger partial charge in [-0.2, -0.15) is 0 Å². The maximum Gasteiger partial charge on any atom is 0.123 e. The minimum Gasteiger partial charge on any atom is -0.497 e. The second-order valence-electron chi connectivity index (χ2n) is 5.53. The van der Waals surface area contributed by atoms with Crippen LogP contribution in [0.3, 0.4) is 0 Å². The van der Waals surface area contributed by atoms with Crippen LogP contribution in [0.25, 0.3) is 10.6 Å². The van der Waals surface area contributed by atoms with Crippen LogP contribution in [0, 0.1) is 0 Å². The molecule has 24 heavy (non-hydrogen) atoms. The van der Waals surface area contributed by atoms with E-state index in [1.165, 1.54) is 5.56 Å². The van der Waals surface area contributed by atoms with Gasteiger partial charge in [-0.3, -0.25) is 0 Å². The first-order chi connectivity index (χ1) is 11.7. The molecule has 2 aromatic carbocycles. The molecule has 3 aromatic rings. The Labute approximate surface area is 151 Å². The topological polar surface area (TPSA) is 34.1 Å². The van der Waals surface area contributed by atoms with Crippen molar-refractivity contribution in [3.63, 3.8) is 0 Å². The Balaban J connectivity index is 1.62. The summed E-state index contributed by atoms with van der Waals surface area (Å²) in [5.41, 5.74) is 3.37. The molecule has 3 nitrogen and oxygen atoms in total. The third-order valence-corrected chi connectivity index (χ3v) is 5.04. The molecule has 0 aliphatic heterocycles. The molecular formula is C19H19ClN2OS. The number of halogens is 1. The van der Waals surface area contributed by atoms with Crippen molar-refractivity contribution in [2.45, 2.75) is 19.5 Å². The minimum absolute atomic E-state index is 0.244. The summed E-state index contributed by atoms with van der Waals surface area (Å²) >= 11 is 7.59. The summed E-state index contributed by atoms with van der Waals surface area (Å²) < 4.78 is 5.19. The highest BCUT2D eigenvalue weighted by atomic mass is 35.5. The fourth-order valence-electron chi connectivity index (χ4n) is 2.38. The Morgan fingerprint density at radius 3 is 2.50 bits per heavy atom. The van der Waals surface area contributed by atoms with Gasteiger partial charge in [-0.25, -0.2) is 4.98 Å². The number of hydrogen-bond acceptors (Lipinski definition) is 4. The Morgan fingerprint density at radius 2 is 1.83 bits per heavy atom. The molecule has 0 spiro atoms. The maximum absolute atomic E-state index is 5.93. The van der Waals surface area contributed by atoms with Crippen LogP contribution in [-0.2, 0) is 6.54 Å². The fraction of sp³-hybridized carbons (Fsp3) is 0.211. The fourth-order valence-corrected chi connectivity index (χ4v) is 3.33. The van der Waals surface area contributed by atoms with E-state index in [-0.39, 0.29) is 6.04 Å².